The van der Waals surface area contributed by atoms with Gasteiger partial charge in [-0.3, -0.25) is 14.8 Å². The van der Waals surface area contributed by atoms with Gasteiger partial charge >= 0.3 is 0 Å². The molecule has 0 bridgehead atoms. The lowest BCUT2D eigenvalue weighted by atomic mass is 9.98. The van der Waals surface area contributed by atoms with Gasteiger partial charge < -0.3 is 10.2 Å². The van der Waals surface area contributed by atoms with Gasteiger partial charge in [0.05, 0.1) is 11.1 Å². The molecule has 1 N–H and O–H groups in total. The fraction of sp³-hybridized carbons (Fsp3) is 0.448. The van der Waals surface area contributed by atoms with Crippen molar-refractivity contribution >= 4 is 16.6 Å². The summed E-state index contributed by atoms with van der Waals surface area (Å²) in [6, 6.07) is 18.6. The fourth-order valence-corrected chi connectivity index (χ4v) is 6.34. The smallest absolute Gasteiger partial charge is 0.101 e. The quantitative estimate of drug-likeness (QED) is 0.637. The Kier molecular flexibility index (Phi) is 6.15. The van der Waals surface area contributed by atoms with Crippen molar-refractivity contribution < 1.29 is 0 Å². The summed E-state index contributed by atoms with van der Waals surface area (Å²) in [4.78, 5) is 12.4. The number of pyridine rings is 1. The first-order valence-electron chi connectivity index (χ1n) is 13.0. The molecule has 0 radical (unpaired) electrons. The first-order valence-corrected chi connectivity index (χ1v) is 13.0. The number of hydrogen-bond acceptors (Lipinski definition) is 6. The van der Waals surface area contributed by atoms with Crippen LogP contribution >= 0.6 is 0 Å². The van der Waals surface area contributed by atoms with Crippen molar-refractivity contribution in [1.29, 1.82) is 5.26 Å². The molecule has 2 saturated heterocycles. The van der Waals surface area contributed by atoms with Crippen molar-refractivity contribution in [2.45, 2.75) is 44.9 Å². The molecule has 4 heterocycles. The third-order valence-electron chi connectivity index (χ3n) is 8.18. The number of hydrogen-bond donors (Lipinski definition) is 1. The second-order valence-electron chi connectivity index (χ2n) is 10.4. The van der Waals surface area contributed by atoms with Gasteiger partial charge in [0, 0.05) is 75.2 Å². The van der Waals surface area contributed by atoms with Crippen molar-refractivity contribution in [2.75, 3.05) is 44.2 Å². The predicted molar refractivity (Wildman–Crippen MR) is 140 cm³/mol. The Bertz CT molecular complexity index is 1260. The molecule has 3 aromatic rings. The van der Waals surface area contributed by atoms with Crippen LogP contribution in [-0.4, -0.2) is 66.1 Å². The zero-order valence-corrected chi connectivity index (χ0v) is 20.6. The predicted octanol–water partition coefficient (Wildman–Crippen LogP) is 3.54. The summed E-state index contributed by atoms with van der Waals surface area (Å²) in [7, 11) is 0. The number of piperazine rings is 1. The Balaban J connectivity index is 1.18. The molecular formula is C29H34N6. The van der Waals surface area contributed by atoms with Crippen LogP contribution in [0, 0.1) is 11.3 Å². The summed E-state index contributed by atoms with van der Waals surface area (Å²) in [6.07, 6.45) is 4.11. The first-order chi connectivity index (χ1) is 17.2. The number of benzene rings is 2. The fourth-order valence-electron chi connectivity index (χ4n) is 6.34. The summed E-state index contributed by atoms with van der Waals surface area (Å²) in [5.41, 5.74) is 7.13. The average molecular weight is 467 g/mol. The van der Waals surface area contributed by atoms with E-state index in [2.05, 4.69) is 68.3 Å². The van der Waals surface area contributed by atoms with E-state index in [0.29, 0.717) is 17.6 Å². The molecule has 0 aliphatic carbocycles. The highest BCUT2D eigenvalue weighted by Crippen LogP contribution is 2.32. The number of anilines is 1. The zero-order chi connectivity index (χ0) is 23.8. The van der Waals surface area contributed by atoms with Crippen LogP contribution in [0.15, 0.2) is 48.7 Å². The van der Waals surface area contributed by atoms with Crippen LogP contribution in [0.4, 0.5) is 5.69 Å². The van der Waals surface area contributed by atoms with Gasteiger partial charge in [0.15, 0.2) is 0 Å². The van der Waals surface area contributed by atoms with Crippen LogP contribution in [0.5, 0.6) is 0 Å². The van der Waals surface area contributed by atoms with Gasteiger partial charge in [-0.25, -0.2) is 0 Å². The molecule has 2 unspecified atom stereocenters. The van der Waals surface area contributed by atoms with Crippen LogP contribution in [0.2, 0.25) is 0 Å². The second kappa shape index (κ2) is 9.58. The molecular weight excluding hydrogens is 432 g/mol. The lowest BCUT2D eigenvalue weighted by Gasteiger charge is -2.46. The monoisotopic (exact) mass is 466 g/mol. The summed E-state index contributed by atoms with van der Waals surface area (Å²) in [5.74, 6) is 0. The normalized spacial score (nSPS) is 23.4. The second-order valence-corrected chi connectivity index (χ2v) is 10.4. The molecule has 0 saturated carbocycles. The summed E-state index contributed by atoms with van der Waals surface area (Å²) in [5, 5.41) is 14.1. The maximum atomic E-state index is 9.54. The zero-order valence-electron chi connectivity index (χ0n) is 20.6. The molecule has 2 atom stereocenters. The minimum atomic E-state index is 0.493. The van der Waals surface area contributed by atoms with E-state index in [4.69, 9.17) is 0 Å². The SMILES string of the molecule is CC1CN(c2ccc(C#N)c3ncccc23)CC2CCN(Cc3ccc4c(c3)CCNC4)CCN12. The van der Waals surface area contributed by atoms with Gasteiger partial charge in [0.2, 0.25) is 0 Å². The molecule has 2 aromatic carbocycles. The van der Waals surface area contributed by atoms with E-state index in [1.54, 1.807) is 6.20 Å². The number of nitrogens with one attached hydrogen (secondary N) is 1. The van der Waals surface area contributed by atoms with Crippen LogP contribution in [0.3, 0.4) is 0 Å². The van der Waals surface area contributed by atoms with Gasteiger partial charge in [-0.2, -0.15) is 5.26 Å². The van der Waals surface area contributed by atoms with Crippen molar-refractivity contribution in [1.82, 2.24) is 20.1 Å². The van der Waals surface area contributed by atoms with Gasteiger partial charge in [-0.05, 0) is 67.3 Å². The number of nitrogens with zero attached hydrogens (tertiary/aromatic N) is 5. The molecule has 6 nitrogen and oxygen atoms in total. The van der Waals surface area contributed by atoms with Crippen molar-refractivity contribution in [3.8, 4) is 6.07 Å². The van der Waals surface area contributed by atoms with Crippen LogP contribution in [0.25, 0.3) is 10.9 Å². The van der Waals surface area contributed by atoms with E-state index < -0.39 is 0 Å². The number of rotatable bonds is 3. The summed E-state index contributed by atoms with van der Waals surface area (Å²) >= 11 is 0. The molecule has 35 heavy (non-hydrogen) atoms. The highest BCUT2D eigenvalue weighted by atomic mass is 15.3. The molecule has 2 fully saturated rings. The minimum absolute atomic E-state index is 0.493. The molecule has 6 heteroatoms. The Morgan fingerprint density at radius 1 is 1.09 bits per heavy atom. The van der Waals surface area contributed by atoms with Crippen molar-refractivity contribution in [2.24, 2.45) is 0 Å². The van der Waals surface area contributed by atoms with Gasteiger partial charge in [-0.1, -0.05) is 18.2 Å². The van der Waals surface area contributed by atoms with E-state index in [-0.39, 0.29) is 0 Å². The van der Waals surface area contributed by atoms with E-state index in [1.165, 1.54) is 28.8 Å². The van der Waals surface area contributed by atoms with E-state index in [0.717, 1.165) is 69.7 Å². The lowest BCUT2D eigenvalue weighted by Crippen LogP contribution is -2.58. The maximum Gasteiger partial charge on any atom is 0.101 e. The third kappa shape index (κ3) is 4.40. The van der Waals surface area contributed by atoms with E-state index >= 15 is 0 Å². The Morgan fingerprint density at radius 2 is 2.03 bits per heavy atom. The van der Waals surface area contributed by atoms with Gasteiger partial charge in [-0.15, -0.1) is 0 Å². The van der Waals surface area contributed by atoms with Crippen LogP contribution < -0.4 is 10.2 Å². The molecule has 0 amide bonds. The average Bonchev–Trinajstić information content (AvgIpc) is 3.10. The Labute approximate surface area is 208 Å². The van der Waals surface area contributed by atoms with Crippen LogP contribution in [-0.2, 0) is 19.5 Å². The van der Waals surface area contributed by atoms with Gasteiger partial charge in [0.25, 0.3) is 0 Å². The van der Waals surface area contributed by atoms with E-state index in [1.807, 2.05) is 12.1 Å². The Hall–Kier alpha value is -2.98. The maximum absolute atomic E-state index is 9.54. The topological polar surface area (TPSA) is 58.4 Å². The van der Waals surface area contributed by atoms with Crippen molar-refractivity contribution in [3.63, 3.8) is 0 Å². The molecule has 3 aliphatic rings. The first kappa shape index (κ1) is 22.5. The van der Waals surface area contributed by atoms with E-state index in [9.17, 15) is 5.26 Å². The summed E-state index contributed by atoms with van der Waals surface area (Å²) in [6.45, 7) is 10.9. The number of fused-ring (bicyclic) bond motifs is 3. The minimum Gasteiger partial charge on any atom is -0.368 e. The van der Waals surface area contributed by atoms with Crippen LogP contribution in [0.1, 0.15) is 35.6 Å². The summed E-state index contributed by atoms with van der Waals surface area (Å²) < 4.78 is 0. The number of aromatic nitrogens is 1. The largest absolute Gasteiger partial charge is 0.368 e. The Morgan fingerprint density at radius 3 is 2.94 bits per heavy atom. The number of nitriles is 1. The highest BCUT2D eigenvalue weighted by molar-refractivity contribution is 5.95. The molecule has 0 spiro atoms. The lowest BCUT2D eigenvalue weighted by molar-refractivity contribution is 0.127. The third-order valence-corrected chi connectivity index (χ3v) is 8.18. The molecule has 1 aromatic heterocycles. The molecule has 6 rings (SSSR count). The highest BCUT2D eigenvalue weighted by Gasteiger charge is 2.34. The van der Waals surface area contributed by atoms with Gasteiger partial charge in [0.1, 0.15) is 6.07 Å². The standard InChI is InChI=1S/C29H34N6/c1-21-18-34(28-7-6-24(16-30)29-27(28)3-2-10-32-29)20-26-9-12-33(13-14-35(21)26)19-22-4-5-25-17-31-11-8-23(25)15-22/h2-7,10,15,21,26,31H,8-9,11-14,17-20H2,1H3. The molecule has 3 aliphatic heterocycles. The molecule has 180 valence electrons. The van der Waals surface area contributed by atoms with Crippen molar-refractivity contribution in [3.05, 3.63) is 70.9 Å².